The smallest absolute Gasteiger partial charge is 0.261 e. The van der Waals surface area contributed by atoms with E-state index >= 15 is 0 Å². The molecule has 2 aliphatic rings. The van der Waals surface area contributed by atoms with Crippen molar-refractivity contribution >= 4 is 41.0 Å². The van der Waals surface area contributed by atoms with Gasteiger partial charge in [-0.05, 0) is 84.6 Å². The second kappa shape index (κ2) is 16.0. The zero-order valence-electron chi connectivity index (χ0n) is 31.7. The maximum atomic E-state index is 14.7. The van der Waals surface area contributed by atoms with Crippen LogP contribution in [0.5, 0.6) is 5.75 Å². The molecule has 4 heterocycles. The topological polar surface area (TPSA) is 171 Å². The van der Waals surface area contributed by atoms with Crippen molar-refractivity contribution in [1.29, 1.82) is 0 Å². The molecule has 5 rings (SSSR count). The number of aromatic hydroxyl groups is 1. The summed E-state index contributed by atoms with van der Waals surface area (Å²) < 4.78 is 0. The van der Waals surface area contributed by atoms with E-state index in [9.17, 15) is 24.3 Å². The highest BCUT2D eigenvalue weighted by Crippen LogP contribution is 2.40. The number of carbonyl (C=O) groups is 4. The Hall–Kier alpha value is -4.94. The number of phenols is 1. The monoisotopic (exact) mass is 723 g/mol. The minimum absolute atomic E-state index is 0.135. The van der Waals surface area contributed by atoms with Gasteiger partial charge in [-0.25, -0.2) is 0 Å². The Labute approximate surface area is 312 Å². The van der Waals surface area contributed by atoms with Crippen molar-refractivity contribution in [3.8, 4) is 5.75 Å². The third-order valence-electron chi connectivity index (χ3n) is 10.4. The Morgan fingerprint density at radius 1 is 0.717 bits per heavy atom. The van der Waals surface area contributed by atoms with Crippen LogP contribution in [0.2, 0.25) is 0 Å². The van der Waals surface area contributed by atoms with Crippen LogP contribution in [0.25, 0.3) is 6.08 Å². The Kier molecular flexibility index (Phi) is 11.8. The Morgan fingerprint density at radius 3 is 1.43 bits per heavy atom. The van der Waals surface area contributed by atoms with Gasteiger partial charge < -0.3 is 21.5 Å². The lowest BCUT2D eigenvalue weighted by Crippen LogP contribution is -2.73. The Bertz CT molecular complexity index is 1710. The van der Waals surface area contributed by atoms with Gasteiger partial charge in [-0.2, -0.15) is 0 Å². The van der Waals surface area contributed by atoms with Crippen molar-refractivity contribution < 1.29 is 24.3 Å². The molecule has 0 unspecified atom stereocenters. The van der Waals surface area contributed by atoms with Gasteiger partial charge in [0.15, 0.2) is 0 Å². The average molecular weight is 724 g/mol. The minimum atomic E-state index is -1.84. The largest absolute Gasteiger partial charge is 0.507 e. The number of piperidine rings is 2. The molecule has 5 N–H and O–H groups in total. The van der Waals surface area contributed by atoms with Crippen LogP contribution in [0.3, 0.4) is 0 Å². The van der Waals surface area contributed by atoms with E-state index in [1.54, 1.807) is 55.1 Å². The van der Waals surface area contributed by atoms with Crippen molar-refractivity contribution in [3.05, 3.63) is 84.0 Å². The molecule has 12 heteroatoms. The Balaban J connectivity index is 1.44. The Morgan fingerprint density at radius 2 is 1.09 bits per heavy atom. The van der Waals surface area contributed by atoms with Crippen molar-refractivity contribution in [1.82, 2.24) is 19.8 Å². The second-order valence-electron chi connectivity index (χ2n) is 16.2. The average Bonchev–Trinajstić information content (AvgIpc) is 3.11. The molecule has 0 radical (unpaired) electrons. The lowest BCUT2D eigenvalue weighted by molar-refractivity contribution is -0.161. The lowest BCUT2D eigenvalue weighted by atomic mass is 9.78. The van der Waals surface area contributed by atoms with E-state index in [0.29, 0.717) is 42.6 Å². The van der Waals surface area contributed by atoms with Crippen LogP contribution in [0.15, 0.2) is 67.3 Å². The minimum Gasteiger partial charge on any atom is -0.507 e. The van der Waals surface area contributed by atoms with Gasteiger partial charge in [0.25, 0.3) is 5.91 Å². The summed E-state index contributed by atoms with van der Waals surface area (Å²) in [7, 11) is 0. The van der Waals surface area contributed by atoms with Crippen molar-refractivity contribution in [2.75, 3.05) is 36.8 Å². The number of likely N-dealkylation sites (tertiary alicyclic amines) is 2. The van der Waals surface area contributed by atoms with Gasteiger partial charge >= 0.3 is 0 Å². The van der Waals surface area contributed by atoms with E-state index in [0.717, 1.165) is 11.1 Å². The number of hydrogen-bond acceptors (Lipinski definition) is 9. The first kappa shape index (κ1) is 39.3. The van der Waals surface area contributed by atoms with Crippen LogP contribution in [-0.4, -0.2) is 80.2 Å². The molecule has 282 valence electrons. The molecule has 2 aliphatic heterocycles. The predicted molar refractivity (Wildman–Crippen MR) is 206 cm³/mol. The van der Waals surface area contributed by atoms with Crippen molar-refractivity contribution in [2.45, 2.75) is 83.7 Å². The second-order valence-corrected chi connectivity index (χ2v) is 16.2. The zero-order chi connectivity index (χ0) is 38.6. The number of nitrogens with one attached hydrogen (secondary N) is 2. The zero-order valence-corrected chi connectivity index (χ0v) is 31.7. The van der Waals surface area contributed by atoms with E-state index in [4.69, 9.17) is 5.73 Å². The number of rotatable bonds is 10. The fourth-order valence-electron chi connectivity index (χ4n) is 7.42. The third kappa shape index (κ3) is 8.82. The van der Waals surface area contributed by atoms with Gasteiger partial charge in [-0.1, -0.05) is 47.6 Å². The molecule has 12 nitrogen and oxygen atoms in total. The molecule has 2 fully saturated rings. The molecular weight excluding hydrogens is 670 g/mol. The lowest BCUT2D eigenvalue weighted by Gasteiger charge is -2.50. The van der Waals surface area contributed by atoms with Crippen molar-refractivity contribution in [2.24, 2.45) is 17.6 Å². The number of amides is 3. The third-order valence-corrected chi connectivity index (χ3v) is 10.4. The van der Waals surface area contributed by atoms with Gasteiger partial charge in [0.1, 0.15) is 5.75 Å². The maximum Gasteiger partial charge on any atom is 0.261 e. The first-order chi connectivity index (χ1) is 25.0. The molecule has 0 atom stereocenters. The van der Waals surface area contributed by atoms with Crippen molar-refractivity contribution in [3.63, 3.8) is 0 Å². The number of ketones is 1. The summed E-state index contributed by atoms with van der Waals surface area (Å²) in [5, 5.41) is 17.1. The molecule has 1 aromatic carbocycles. The molecule has 3 aromatic rings. The highest BCUT2D eigenvalue weighted by Gasteiger charge is 2.55. The maximum absolute atomic E-state index is 14.7. The standard InChI is InChI=1S/C41H53N7O5/c1-39(2,3)32-25-27(26-33(35(32)50)40(4,5)6)7-8-34(49)41(38(42)53,47-21-13-28(14-22-47)36(51)45-30-9-17-43-18-10-30)48-23-15-29(16-24-48)37(52)46-31-11-19-44-20-12-31/h7-12,17-20,25-26,28-29,50H,13-16,21-24H2,1-6H3,(H2,42,53)(H,43,45,51)(H,44,46,52)/b8-7+. The highest BCUT2D eigenvalue weighted by atomic mass is 16.3. The highest BCUT2D eigenvalue weighted by molar-refractivity contribution is 6.15. The summed E-state index contributed by atoms with van der Waals surface area (Å²) in [6.45, 7) is 13.2. The number of anilines is 2. The number of nitrogens with zero attached hydrogens (tertiary/aromatic N) is 4. The molecule has 2 aromatic heterocycles. The SMILES string of the molecule is CC(C)(C)c1cc(/C=C/C(=O)C(C(N)=O)(N2CCC(C(=O)Nc3ccncc3)CC2)N2CCC(C(=O)Nc3ccncc3)CC2)cc(C(C)(C)C)c1O. The first-order valence-corrected chi connectivity index (χ1v) is 18.3. The van der Waals surface area contributed by atoms with Crippen LogP contribution >= 0.6 is 0 Å². The van der Waals surface area contributed by atoms with Crippen LogP contribution in [0.4, 0.5) is 11.4 Å². The van der Waals surface area contributed by atoms with E-state index in [-0.39, 0.29) is 66.4 Å². The number of carbonyl (C=O) groups excluding carboxylic acids is 4. The number of hydrogen-bond donors (Lipinski definition) is 4. The van der Waals surface area contributed by atoms with Gasteiger partial charge in [0.05, 0.1) is 0 Å². The number of nitrogens with two attached hydrogens (primary N) is 1. The van der Waals surface area contributed by atoms with Crippen LogP contribution in [0, 0.1) is 11.8 Å². The number of aromatic nitrogens is 2. The predicted octanol–water partition coefficient (Wildman–Crippen LogP) is 5.24. The summed E-state index contributed by atoms with van der Waals surface area (Å²) in [6.07, 6.45) is 11.2. The molecule has 0 aliphatic carbocycles. The summed E-state index contributed by atoms with van der Waals surface area (Å²) in [6, 6.07) is 10.6. The van der Waals surface area contributed by atoms with Gasteiger partial charge in [0, 0.05) is 85.3 Å². The summed E-state index contributed by atoms with van der Waals surface area (Å²) in [5.41, 5.74) is 7.20. The van der Waals surface area contributed by atoms with E-state index in [1.165, 1.54) is 6.08 Å². The molecule has 53 heavy (non-hydrogen) atoms. The van der Waals surface area contributed by atoms with E-state index in [2.05, 4.69) is 20.6 Å². The fourth-order valence-corrected chi connectivity index (χ4v) is 7.42. The molecule has 2 saturated heterocycles. The van der Waals surface area contributed by atoms with Gasteiger partial charge in [0.2, 0.25) is 23.3 Å². The summed E-state index contributed by atoms with van der Waals surface area (Å²) in [4.78, 5) is 66.7. The summed E-state index contributed by atoms with van der Waals surface area (Å²) in [5.74, 6) is -2.00. The van der Waals surface area contributed by atoms with Gasteiger partial charge in [-0.15, -0.1) is 0 Å². The normalized spacial score (nSPS) is 17.1. The number of benzene rings is 1. The molecule has 0 spiro atoms. The molecule has 0 bridgehead atoms. The molecule has 0 saturated carbocycles. The van der Waals surface area contributed by atoms with E-state index < -0.39 is 17.4 Å². The quantitative estimate of drug-likeness (QED) is 0.161. The molecular formula is C41H53N7O5. The number of primary amides is 1. The first-order valence-electron chi connectivity index (χ1n) is 18.3. The summed E-state index contributed by atoms with van der Waals surface area (Å²) >= 11 is 0. The fraction of sp³-hybridized carbons (Fsp3) is 0.463. The van der Waals surface area contributed by atoms with Gasteiger partial charge in [-0.3, -0.25) is 38.9 Å². The van der Waals surface area contributed by atoms with E-state index in [1.807, 2.05) is 63.5 Å². The van der Waals surface area contributed by atoms with Crippen LogP contribution < -0.4 is 16.4 Å². The van der Waals surface area contributed by atoms with Crippen LogP contribution in [-0.2, 0) is 30.0 Å². The molecule has 3 amide bonds. The van der Waals surface area contributed by atoms with Crippen LogP contribution in [0.1, 0.15) is 83.9 Å². The number of pyridine rings is 2. The number of phenolic OH excluding ortho intramolecular Hbond substituents is 1.